The first-order valence-electron chi connectivity index (χ1n) is 4.88. The van der Waals surface area contributed by atoms with E-state index in [2.05, 4.69) is 0 Å². The van der Waals surface area contributed by atoms with Crippen LogP contribution in [0.15, 0.2) is 30.4 Å². The fourth-order valence-corrected chi connectivity index (χ4v) is 1.51. The molecule has 0 aliphatic carbocycles. The molecule has 1 aromatic rings. The monoisotopic (exact) mass is 204 g/mol. The minimum absolute atomic E-state index is 0.0557. The van der Waals surface area contributed by atoms with E-state index in [0.29, 0.717) is 30.3 Å². The molecule has 0 aromatic heterocycles. The van der Waals surface area contributed by atoms with Gasteiger partial charge in [0.25, 0.3) is 0 Å². The molecule has 3 heteroatoms. The summed E-state index contributed by atoms with van der Waals surface area (Å²) in [5.41, 5.74) is 0.560. The van der Waals surface area contributed by atoms with Crippen LogP contribution < -0.4 is 9.47 Å². The highest BCUT2D eigenvalue weighted by molar-refractivity contribution is 6.07. The standard InChI is InChI=1S/C12H12O3/c1-2-4-10(13)9-5-3-6-11-12(9)15-8-7-14-11/h2-6H,7-8H2,1H3/b4-2+. The van der Waals surface area contributed by atoms with E-state index in [1.54, 1.807) is 24.3 Å². The number of allylic oxidation sites excluding steroid dienone is 2. The Morgan fingerprint density at radius 2 is 2.13 bits per heavy atom. The Bertz CT molecular complexity index is 407. The lowest BCUT2D eigenvalue weighted by Crippen LogP contribution is -2.17. The van der Waals surface area contributed by atoms with Crippen molar-refractivity contribution >= 4 is 5.78 Å². The molecule has 0 radical (unpaired) electrons. The average Bonchev–Trinajstić information content (AvgIpc) is 2.28. The van der Waals surface area contributed by atoms with Gasteiger partial charge in [-0.25, -0.2) is 0 Å². The van der Waals surface area contributed by atoms with Gasteiger partial charge < -0.3 is 9.47 Å². The predicted molar refractivity (Wildman–Crippen MR) is 56.6 cm³/mol. The van der Waals surface area contributed by atoms with Gasteiger partial charge in [0, 0.05) is 0 Å². The van der Waals surface area contributed by atoms with E-state index < -0.39 is 0 Å². The Kier molecular flexibility index (Phi) is 2.72. The highest BCUT2D eigenvalue weighted by Crippen LogP contribution is 2.33. The van der Waals surface area contributed by atoms with Crippen LogP contribution in [0.5, 0.6) is 11.5 Å². The molecule has 0 saturated carbocycles. The SMILES string of the molecule is C/C=C/C(=O)c1cccc2c1OCCO2. The lowest BCUT2D eigenvalue weighted by Gasteiger charge is -2.19. The van der Waals surface area contributed by atoms with Gasteiger partial charge in [0.1, 0.15) is 13.2 Å². The lowest BCUT2D eigenvalue weighted by molar-refractivity contribution is 0.103. The summed E-state index contributed by atoms with van der Waals surface area (Å²) in [6.45, 7) is 2.84. The predicted octanol–water partition coefficient (Wildman–Crippen LogP) is 2.22. The molecule has 0 unspecified atom stereocenters. The molecule has 1 heterocycles. The number of para-hydroxylation sites is 1. The molecule has 0 bridgehead atoms. The second kappa shape index (κ2) is 4.17. The van der Waals surface area contributed by atoms with Crippen molar-refractivity contribution in [3.63, 3.8) is 0 Å². The summed E-state index contributed by atoms with van der Waals surface area (Å²) in [5, 5.41) is 0. The number of rotatable bonds is 2. The van der Waals surface area contributed by atoms with Crippen LogP contribution in [0.25, 0.3) is 0 Å². The van der Waals surface area contributed by atoms with Gasteiger partial charge in [0.2, 0.25) is 0 Å². The summed E-state index contributed by atoms with van der Waals surface area (Å²) < 4.78 is 10.8. The highest BCUT2D eigenvalue weighted by Gasteiger charge is 2.18. The van der Waals surface area contributed by atoms with Crippen LogP contribution in [0.1, 0.15) is 17.3 Å². The summed E-state index contributed by atoms with van der Waals surface area (Å²) in [4.78, 5) is 11.7. The van der Waals surface area contributed by atoms with Gasteiger partial charge in [-0.1, -0.05) is 12.1 Å². The first-order valence-corrected chi connectivity index (χ1v) is 4.88. The minimum Gasteiger partial charge on any atom is -0.486 e. The van der Waals surface area contributed by atoms with Gasteiger partial charge in [-0.3, -0.25) is 4.79 Å². The molecule has 0 spiro atoms. The topological polar surface area (TPSA) is 35.5 Å². The molecule has 1 aliphatic heterocycles. The third kappa shape index (κ3) is 1.86. The summed E-state index contributed by atoms with van der Waals surface area (Å²) >= 11 is 0. The first-order chi connectivity index (χ1) is 7.33. The molecule has 2 rings (SSSR count). The molecule has 0 N–H and O–H groups in total. The van der Waals surface area contributed by atoms with E-state index in [9.17, 15) is 4.79 Å². The van der Waals surface area contributed by atoms with Crippen molar-refractivity contribution in [2.45, 2.75) is 6.92 Å². The Balaban J connectivity index is 2.43. The quantitative estimate of drug-likeness (QED) is 0.547. The molecule has 0 amide bonds. The van der Waals surface area contributed by atoms with Crippen LogP contribution in [-0.2, 0) is 0 Å². The highest BCUT2D eigenvalue weighted by atomic mass is 16.6. The fraction of sp³-hybridized carbons (Fsp3) is 0.250. The molecule has 3 nitrogen and oxygen atoms in total. The zero-order valence-electron chi connectivity index (χ0n) is 8.53. The number of hydrogen-bond donors (Lipinski definition) is 0. The van der Waals surface area contributed by atoms with Gasteiger partial charge in [-0.05, 0) is 25.1 Å². The van der Waals surface area contributed by atoms with Gasteiger partial charge in [-0.2, -0.15) is 0 Å². The first kappa shape index (κ1) is 9.77. The zero-order chi connectivity index (χ0) is 10.7. The largest absolute Gasteiger partial charge is 0.486 e. The Labute approximate surface area is 88.3 Å². The third-order valence-corrected chi connectivity index (χ3v) is 2.15. The maximum Gasteiger partial charge on any atom is 0.189 e. The Morgan fingerprint density at radius 3 is 2.93 bits per heavy atom. The molecule has 0 saturated heterocycles. The van der Waals surface area contributed by atoms with Gasteiger partial charge >= 0.3 is 0 Å². The van der Waals surface area contributed by atoms with Crippen LogP contribution in [0.4, 0.5) is 0 Å². The zero-order valence-corrected chi connectivity index (χ0v) is 8.53. The van der Waals surface area contributed by atoms with E-state index in [0.717, 1.165) is 0 Å². The molecule has 1 aliphatic rings. The van der Waals surface area contributed by atoms with Crippen molar-refractivity contribution in [1.82, 2.24) is 0 Å². The summed E-state index contributed by atoms with van der Waals surface area (Å²) in [6.07, 6.45) is 3.24. The molecular weight excluding hydrogens is 192 g/mol. The minimum atomic E-state index is -0.0557. The van der Waals surface area contributed by atoms with Crippen LogP contribution in [0.3, 0.4) is 0 Å². The molecule has 0 fully saturated rings. The number of fused-ring (bicyclic) bond motifs is 1. The van der Waals surface area contributed by atoms with Crippen LogP contribution in [0.2, 0.25) is 0 Å². The molecular formula is C12H12O3. The van der Waals surface area contributed by atoms with Crippen molar-refractivity contribution in [2.24, 2.45) is 0 Å². The summed E-state index contributed by atoms with van der Waals surface area (Å²) in [6, 6.07) is 5.35. The number of carbonyl (C=O) groups excluding carboxylic acids is 1. The molecule has 78 valence electrons. The Morgan fingerprint density at radius 1 is 1.33 bits per heavy atom. The second-order valence-corrected chi connectivity index (χ2v) is 3.19. The normalized spacial score (nSPS) is 14.2. The lowest BCUT2D eigenvalue weighted by atomic mass is 10.1. The van der Waals surface area contributed by atoms with Crippen molar-refractivity contribution in [3.8, 4) is 11.5 Å². The number of hydrogen-bond acceptors (Lipinski definition) is 3. The number of benzene rings is 1. The third-order valence-electron chi connectivity index (χ3n) is 2.15. The van der Waals surface area contributed by atoms with Crippen molar-refractivity contribution in [3.05, 3.63) is 35.9 Å². The number of ether oxygens (including phenoxy) is 2. The van der Waals surface area contributed by atoms with Crippen molar-refractivity contribution in [2.75, 3.05) is 13.2 Å². The maximum atomic E-state index is 11.7. The van der Waals surface area contributed by atoms with E-state index in [1.807, 2.05) is 6.92 Å². The number of ketones is 1. The van der Waals surface area contributed by atoms with Crippen LogP contribution >= 0.6 is 0 Å². The summed E-state index contributed by atoms with van der Waals surface area (Å²) in [7, 11) is 0. The Hall–Kier alpha value is -1.77. The van der Waals surface area contributed by atoms with Gasteiger partial charge in [0.05, 0.1) is 5.56 Å². The van der Waals surface area contributed by atoms with Gasteiger partial charge in [-0.15, -0.1) is 0 Å². The summed E-state index contributed by atoms with van der Waals surface area (Å²) in [5.74, 6) is 1.16. The second-order valence-electron chi connectivity index (χ2n) is 3.19. The van der Waals surface area contributed by atoms with E-state index in [1.165, 1.54) is 6.08 Å². The van der Waals surface area contributed by atoms with Crippen molar-refractivity contribution in [1.29, 1.82) is 0 Å². The van der Waals surface area contributed by atoms with Gasteiger partial charge in [0.15, 0.2) is 17.3 Å². The van der Waals surface area contributed by atoms with Crippen LogP contribution in [-0.4, -0.2) is 19.0 Å². The smallest absolute Gasteiger partial charge is 0.189 e. The molecule has 0 atom stereocenters. The van der Waals surface area contributed by atoms with E-state index >= 15 is 0 Å². The van der Waals surface area contributed by atoms with Crippen LogP contribution in [0, 0.1) is 0 Å². The molecule has 15 heavy (non-hydrogen) atoms. The molecule has 1 aromatic carbocycles. The number of carbonyl (C=O) groups is 1. The maximum absolute atomic E-state index is 11.7. The van der Waals surface area contributed by atoms with E-state index in [4.69, 9.17) is 9.47 Å². The fourth-order valence-electron chi connectivity index (χ4n) is 1.51. The van der Waals surface area contributed by atoms with Crippen molar-refractivity contribution < 1.29 is 14.3 Å². The van der Waals surface area contributed by atoms with E-state index in [-0.39, 0.29) is 5.78 Å². The average molecular weight is 204 g/mol.